The van der Waals surface area contributed by atoms with Crippen molar-refractivity contribution in [2.45, 2.75) is 13.5 Å². The second kappa shape index (κ2) is 5.57. The van der Waals surface area contributed by atoms with Crippen molar-refractivity contribution in [1.29, 1.82) is 0 Å². The number of hydrogen-bond acceptors (Lipinski definition) is 2. The minimum Gasteiger partial charge on any atom is -0.464 e. The Labute approximate surface area is 119 Å². The van der Waals surface area contributed by atoms with E-state index < -0.39 is 0 Å². The molecular formula is C14H13BrFNO2. The predicted molar refractivity (Wildman–Crippen MR) is 73.3 cm³/mol. The zero-order valence-corrected chi connectivity index (χ0v) is 12.2. The number of rotatable bonds is 3. The van der Waals surface area contributed by atoms with E-state index in [4.69, 9.17) is 4.42 Å². The highest BCUT2D eigenvalue weighted by Gasteiger charge is 2.16. The fraction of sp³-hybridized carbons (Fsp3) is 0.214. The number of halogens is 2. The van der Waals surface area contributed by atoms with E-state index in [1.165, 1.54) is 23.1 Å². The second-order valence-electron chi connectivity index (χ2n) is 4.30. The average molecular weight is 326 g/mol. The lowest BCUT2D eigenvalue weighted by atomic mass is 10.2. The zero-order valence-electron chi connectivity index (χ0n) is 10.6. The molecule has 0 spiro atoms. The number of carbonyl (C=O) groups is 1. The van der Waals surface area contributed by atoms with Gasteiger partial charge in [0, 0.05) is 11.5 Å². The van der Waals surface area contributed by atoms with Crippen LogP contribution in [0, 0.1) is 12.7 Å². The Morgan fingerprint density at radius 1 is 1.37 bits per heavy atom. The van der Waals surface area contributed by atoms with Gasteiger partial charge < -0.3 is 9.32 Å². The van der Waals surface area contributed by atoms with Crippen LogP contribution in [-0.4, -0.2) is 17.9 Å². The normalized spacial score (nSPS) is 10.5. The summed E-state index contributed by atoms with van der Waals surface area (Å²) in [6, 6.07) is 7.69. The molecule has 19 heavy (non-hydrogen) atoms. The van der Waals surface area contributed by atoms with Gasteiger partial charge in [0.05, 0.1) is 12.1 Å². The monoisotopic (exact) mass is 325 g/mol. The number of furan rings is 1. The number of hydrogen-bond donors (Lipinski definition) is 0. The number of amides is 1. The van der Waals surface area contributed by atoms with Crippen molar-refractivity contribution in [3.05, 3.63) is 57.7 Å². The van der Waals surface area contributed by atoms with E-state index in [1.807, 2.05) is 19.1 Å². The molecule has 0 saturated heterocycles. The van der Waals surface area contributed by atoms with Crippen LogP contribution >= 0.6 is 15.9 Å². The van der Waals surface area contributed by atoms with Gasteiger partial charge in [0.2, 0.25) is 0 Å². The molecule has 0 unspecified atom stereocenters. The predicted octanol–water partition coefficient (Wildman–Crippen LogP) is 3.76. The lowest BCUT2D eigenvalue weighted by Gasteiger charge is -2.16. The molecule has 0 N–H and O–H groups in total. The summed E-state index contributed by atoms with van der Waals surface area (Å²) in [7, 11) is 1.68. The molecule has 2 rings (SSSR count). The Morgan fingerprint density at radius 2 is 2.11 bits per heavy atom. The van der Waals surface area contributed by atoms with Crippen LogP contribution in [0.5, 0.6) is 0 Å². The molecule has 1 heterocycles. The molecule has 0 atom stereocenters. The van der Waals surface area contributed by atoms with Crippen LogP contribution in [0.4, 0.5) is 4.39 Å². The summed E-state index contributed by atoms with van der Waals surface area (Å²) in [5.74, 6) is 0.944. The SMILES string of the molecule is Cc1ccc(CN(C)C(=O)c2ccc(F)cc2Br)o1. The van der Waals surface area contributed by atoms with Crippen LogP contribution in [0.25, 0.3) is 0 Å². The molecule has 0 fully saturated rings. The zero-order chi connectivity index (χ0) is 14.0. The Kier molecular flexibility index (Phi) is 4.04. The molecule has 0 aliphatic rings. The summed E-state index contributed by atoms with van der Waals surface area (Å²) >= 11 is 3.19. The van der Waals surface area contributed by atoms with Crippen LogP contribution in [-0.2, 0) is 6.54 Å². The molecular weight excluding hydrogens is 313 g/mol. The molecule has 3 nitrogen and oxygen atoms in total. The Balaban J connectivity index is 2.14. The molecule has 2 aromatic rings. The van der Waals surface area contributed by atoms with Crippen molar-refractivity contribution in [3.8, 4) is 0 Å². The topological polar surface area (TPSA) is 33.5 Å². The van der Waals surface area contributed by atoms with Crippen LogP contribution in [0.1, 0.15) is 21.9 Å². The number of nitrogens with zero attached hydrogens (tertiary/aromatic N) is 1. The van der Waals surface area contributed by atoms with Gasteiger partial charge >= 0.3 is 0 Å². The van der Waals surface area contributed by atoms with Gasteiger partial charge in [-0.3, -0.25) is 4.79 Å². The minimum absolute atomic E-state index is 0.194. The molecule has 1 aromatic heterocycles. The summed E-state index contributed by atoms with van der Waals surface area (Å²) in [6.07, 6.45) is 0. The van der Waals surface area contributed by atoms with E-state index in [0.717, 1.165) is 5.76 Å². The van der Waals surface area contributed by atoms with Gasteiger partial charge in [0.25, 0.3) is 5.91 Å². The molecule has 100 valence electrons. The van der Waals surface area contributed by atoms with Crippen molar-refractivity contribution >= 4 is 21.8 Å². The maximum absolute atomic E-state index is 13.0. The second-order valence-corrected chi connectivity index (χ2v) is 5.15. The number of benzene rings is 1. The van der Waals surface area contributed by atoms with Gasteiger partial charge in [0.1, 0.15) is 17.3 Å². The minimum atomic E-state index is -0.382. The first kappa shape index (κ1) is 13.8. The third-order valence-corrected chi connectivity index (χ3v) is 3.35. The fourth-order valence-corrected chi connectivity index (χ4v) is 2.26. The molecule has 1 aromatic carbocycles. The van der Waals surface area contributed by atoms with Gasteiger partial charge in [0.15, 0.2) is 0 Å². The van der Waals surface area contributed by atoms with Gasteiger partial charge in [-0.1, -0.05) is 0 Å². The lowest BCUT2D eigenvalue weighted by molar-refractivity contribution is 0.0774. The van der Waals surface area contributed by atoms with E-state index in [-0.39, 0.29) is 11.7 Å². The van der Waals surface area contributed by atoms with Gasteiger partial charge in [-0.15, -0.1) is 0 Å². The van der Waals surface area contributed by atoms with Gasteiger partial charge in [-0.2, -0.15) is 0 Å². The first-order valence-electron chi connectivity index (χ1n) is 5.73. The number of aryl methyl sites for hydroxylation is 1. The molecule has 1 amide bonds. The van der Waals surface area contributed by atoms with Gasteiger partial charge in [-0.25, -0.2) is 4.39 Å². The van der Waals surface area contributed by atoms with Crippen molar-refractivity contribution in [3.63, 3.8) is 0 Å². The molecule has 0 aliphatic heterocycles. The maximum Gasteiger partial charge on any atom is 0.255 e. The maximum atomic E-state index is 13.0. The van der Waals surface area contributed by atoms with Crippen molar-refractivity contribution in [2.24, 2.45) is 0 Å². The van der Waals surface area contributed by atoms with E-state index in [1.54, 1.807) is 7.05 Å². The third-order valence-electron chi connectivity index (χ3n) is 2.70. The quantitative estimate of drug-likeness (QED) is 0.860. The van der Waals surface area contributed by atoms with E-state index >= 15 is 0 Å². The van der Waals surface area contributed by atoms with Crippen molar-refractivity contribution < 1.29 is 13.6 Å². The highest BCUT2D eigenvalue weighted by Crippen LogP contribution is 2.20. The standard InChI is InChI=1S/C14H13BrFNO2/c1-9-3-5-11(19-9)8-17(2)14(18)12-6-4-10(16)7-13(12)15/h3-7H,8H2,1-2H3. The summed E-state index contributed by atoms with van der Waals surface area (Å²) in [4.78, 5) is 13.7. The molecule has 0 saturated carbocycles. The summed E-state index contributed by atoms with van der Waals surface area (Å²) in [5, 5.41) is 0. The average Bonchev–Trinajstić information content (AvgIpc) is 2.74. The van der Waals surface area contributed by atoms with E-state index in [9.17, 15) is 9.18 Å². The van der Waals surface area contributed by atoms with Gasteiger partial charge in [-0.05, 0) is 53.2 Å². The molecule has 0 radical (unpaired) electrons. The lowest BCUT2D eigenvalue weighted by Crippen LogP contribution is -2.26. The van der Waals surface area contributed by atoms with Crippen molar-refractivity contribution in [2.75, 3.05) is 7.05 Å². The Bertz CT molecular complexity index is 609. The smallest absolute Gasteiger partial charge is 0.255 e. The van der Waals surface area contributed by atoms with E-state index in [2.05, 4.69) is 15.9 Å². The fourth-order valence-electron chi connectivity index (χ4n) is 1.74. The molecule has 5 heteroatoms. The van der Waals surface area contributed by atoms with Crippen molar-refractivity contribution in [1.82, 2.24) is 4.90 Å². The molecule has 0 aliphatic carbocycles. The summed E-state index contributed by atoms with van der Waals surface area (Å²) in [6.45, 7) is 2.22. The highest BCUT2D eigenvalue weighted by molar-refractivity contribution is 9.10. The summed E-state index contributed by atoms with van der Waals surface area (Å²) < 4.78 is 18.9. The number of carbonyl (C=O) groups excluding carboxylic acids is 1. The highest BCUT2D eigenvalue weighted by atomic mass is 79.9. The summed E-state index contributed by atoms with van der Waals surface area (Å²) in [5.41, 5.74) is 0.423. The van der Waals surface area contributed by atoms with E-state index in [0.29, 0.717) is 22.3 Å². The molecule has 0 bridgehead atoms. The first-order valence-corrected chi connectivity index (χ1v) is 6.52. The largest absolute Gasteiger partial charge is 0.464 e. The Morgan fingerprint density at radius 3 is 2.68 bits per heavy atom. The first-order chi connectivity index (χ1) is 8.97. The van der Waals surface area contributed by atoms with Crippen LogP contribution < -0.4 is 0 Å². The third kappa shape index (κ3) is 3.23. The van der Waals surface area contributed by atoms with Crippen LogP contribution in [0.2, 0.25) is 0 Å². The van der Waals surface area contributed by atoms with Crippen LogP contribution in [0.15, 0.2) is 39.2 Å². The van der Waals surface area contributed by atoms with Crippen LogP contribution in [0.3, 0.4) is 0 Å². The Hall–Kier alpha value is -1.62.